The summed E-state index contributed by atoms with van der Waals surface area (Å²) >= 11 is 7.59. The first-order chi connectivity index (χ1) is 32.6. The summed E-state index contributed by atoms with van der Waals surface area (Å²) in [5.41, 5.74) is 14.9. The van der Waals surface area contributed by atoms with Crippen LogP contribution in [0.2, 0.25) is 0 Å². The smallest absolute Gasteiger partial charge is 0.0542 e. The van der Waals surface area contributed by atoms with Gasteiger partial charge in [-0.2, -0.15) is 0 Å². The monoisotopic (exact) mass is 908 g/mol. The summed E-state index contributed by atoms with van der Waals surface area (Å²) in [6.07, 6.45) is 0. The molecule has 0 saturated heterocycles. The van der Waals surface area contributed by atoms with Crippen molar-refractivity contribution in [1.82, 2.24) is 0 Å². The zero-order valence-corrected chi connectivity index (χ0v) is 38.7. The number of benzene rings is 10. The summed E-state index contributed by atoms with van der Waals surface area (Å²) in [6, 6.07) is 81.3. The van der Waals surface area contributed by atoms with Crippen LogP contribution >= 0.6 is 45.3 Å². The van der Waals surface area contributed by atoms with Crippen molar-refractivity contribution in [2.24, 2.45) is 0 Å². The molecule has 14 aromatic rings. The quantitative estimate of drug-likeness (QED) is 0.156. The van der Waals surface area contributed by atoms with E-state index in [0.29, 0.717) is 0 Å². The van der Waals surface area contributed by atoms with Crippen molar-refractivity contribution in [3.8, 4) is 66.8 Å². The molecule has 4 heterocycles. The molecule has 0 bridgehead atoms. The molecule has 0 aliphatic heterocycles. The number of fused-ring (bicyclic) bond motifs is 11. The molecular formula is C62H36S4. The van der Waals surface area contributed by atoms with E-state index in [-0.39, 0.29) is 0 Å². The summed E-state index contributed by atoms with van der Waals surface area (Å²) in [7, 11) is 0. The molecule has 0 unspecified atom stereocenters. The maximum atomic E-state index is 2.38. The predicted molar refractivity (Wildman–Crippen MR) is 293 cm³/mol. The van der Waals surface area contributed by atoms with Crippen molar-refractivity contribution in [2.45, 2.75) is 0 Å². The maximum Gasteiger partial charge on any atom is 0.0542 e. The van der Waals surface area contributed by atoms with E-state index in [2.05, 4.69) is 218 Å². The summed E-state index contributed by atoms with van der Waals surface area (Å²) in [5, 5.41) is 8.06. The first-order valence-corrected chi connectivity index (χ1v) is 25.5. The number of thiophene rings is 4. The van der Waals surface area contributed by atoms with Gasteiger partial charge in [0, 0.05) is 60.5 Å². The molecule has 66 heavy (non-hydrogen) atoms. The normalized spacial score (nSPS) is 11.9. The van der Waals surface area contributed by atoms with E-state index in [9.17, 15) is 0 Å². The minimum Gasteiger partial charge on any atom is -0.135 e. The lowest BCUT2D eigenvalue weighted by Gasteiger charge is -2.08. The Bertz CT molecular complexity index is 3900. The fourth-order valence-corrected chi connectivity index (χ4v) is 14.9. The van der Waals surface area contributed by atoms with Crippen LogP contribution in [0.5, 0.6) is 0 Å². The van der Waals surface area contributed by atoms with E-state index in [1.807, 2.05) is 45.3 Å². The average molecular weight is 909 g/mol. The Labute approximate surface area is 397 Å². The SMILES string of the molecule is c1ccc2c(c1)sc1cc(-c3ccc(-c4ccc(-c5ccc6c(c5)sc5c7ccc(-c8ccc(-c9ccc(-c%10ccc%11c(c%10)sc%10ccccc%10%11)cc9)cc8)cc7sc65)cc4)cc3)ccc12. The zero-order valence-electron chi connectivity index (χ0n) is 35.4. The van der Waals surface area contributed by atoms with Crippen LogP contribution in [-0.4, -0.2) is 0 Å². The zero-order chi connectivity index (χ0) is 43.3. The first kappa shape index (κ1) is 38.1. The van der Waals surface area contributed by atoms with Crippen LogP contribution in [0.4, 0.5) is 0 Å². The van der Waals surface area contributed by atoms with Gasteiger partial charge in [-0.15, -0.1) is 45.3 Å². The molecule has 14 rings (SSSR count). The Morgan fingerprint density at radius 2 is 0.394 bits per heavy atom. The Morgan fingerprint density at radius 3 is 0.712 bits per heavy atom. The Balaban J connectivity index is 0.679. The third kappa shape index (κ3) is 6.36. The van der Waals surface area contributed by atoms with Gasteiger partial charge in [0.2, 0.25) is 0 Å². The molecule has 0 aliphatic carbocycles. The van der Waals surface area contributed by atoms with Gasteiger partial charge in [-0.25, -0.2) is 0 Å². The molecule has 4 aromatic heterocycles. The van der Waals surface area contributed by atoms with Gasteiger partial charge in [0.25, 0.3) is 0 Å². The second-order valence-corrected chi connectivity index (χ2v) is 21.5. The number of hydrogen-bond acceptors (Lipinski definition) is 4. The Morgan fingerprint density at radius 1 is 0.167 bits per heavy atom. The van der Waals surface area contributed by atoms with Crippen molar-refractivity contribution < 1.29 is 0 Å². The third-order valence-electron chi connectivity index (χ3n) is 13.4. The van der Waals surface area contributed by atoms with Crippen molar-refractivity contribution in [3.05, 3.63) is 218 Å². The second-order valence-electron chi connectivity index (χ2n) is 17.2. The average Bonchev–Trinajstić information content (AvgIpc) is 4.15. The fourth-order valence-electron chi connectivity index (χ4n) is 9.85. The van der Waals surface area contributed by atoms with Gasteiger partial charge in [-0.05, 0) is 103 Å². The highest BCUT2D eigenvalue weighted by Gasteiger charge is 2.15. The first-order valence-electron chi connectivity index (χ1n) is 22.3. The fraction of sp³-hybridized carbons (Fsp3) is 0. The van der Waals surface area contributed by atoms with Crippen molar-refractivity contribution in [1.29, 1.82) is 0 Å². The van der Waals surface area contributed by atoms with Crippen molar-refractivity contribution in [2.75, 3.05) is 0 Å². The van der Waals surface area contributed by atoms with Gasteiger partial charge in [0.15, 0.2) is 0 Å². The van der Waals surface area contributed by atoms with E-state index < -0.39 is 0 Å². The highest BCUT2D eigenvalue weighted by Crippen LogP contribution is 2.46. The molecule has 10 aromatic carbocycles. The molecule has 0 amide bonds. The molecule has 4 heteroatoms. The van der Waals surface area contributed by atoms with E-state index >= 15 is 0 Å². The standard InChI is InChI=1S/C62H36S4/c1-3-7-55-49(5-1)51-29-25-45(33-57(51)63-55)41-17-9-37(10-18-41)39-13-21-43(22-14-39)47-27-31-53-59(35-47)65-62-54-32-28-48(36-60(54)66-61(53)62)44-23-15-40(16-24-44)38-11-19-42(20-12-38)46-26-30-52-50-6-2-4-8-56(50)64-58(52)34-46/h1-36H. The molecule has 0 fully saturated rings. The van der Waals surface area contributed by atoms with Gasteiger partial charge in [0.1, 0.15) is 0 Å². The lowest BCUT2D eigenvalue weighted by molar-refractivity contribution is 1.59. The summed E-state index contributed by atoms with van der Waals surface area (Å²) < 4.78 is 10.8. The largest absolute Gasteiger partial charge is 0.135 e. The molecule has 0 nitrogen and oxygen atoms in total. The minimum atomic E-state index is 1.23. The molecule has 0 radical (unpaired) electrons. The van der Waals surface area contributed by atoms with Crippen LogP contribution in [-0.2, 0) is 0 Å². The lowest BCUT2D eigenvalue weighted by Crippen LogP contribution is -1.82. The van der Waals surface area contributed by atoms with Gasteiger partial charge in [-0.1, -0.05) is 182 Å². The molecule has 0 aliphatic rings. The van der Waals surface area contributed by atoms with Gasteiger partial charge >= 0.3 is 0 Å². The Hall–Kier alpha value is -7.18. The molecule has 0 atom stereocenters. The maximum absolute atomic E-state index is 2.38. The molecule has 0 spiro atoms. The summed E-state index contributed by atoms with van der Waals surface area (Å²) in [4.78, 5) is 0. The van der Waals surface area contributed by atoms with Crippen molar-refractivity contribution in [3.63, 3.8) is 0 Å². The van der Waals surface area contributed by atoms with Crippen LogP contribution in [0.3, 0.4) is 0 Å². The highest BCUT2D eigenvalue weighted by molar-refractivity contribution is 7.36. The van der Waals surface area contributed by atoms with E-state index in [0.717, 1.165) is 0 Å². The minimum absolute atomic E-state index is 1.23. The lowest BCUT2D eigenvalue weighted by atomic mass is 9.97. The molecule has 0 saturated carbocycles. The van der Waals surface area contributed by atoms with Crippen LogP contribution in [0.15, 0.2) is 218 Å². The topological polar surface area (TPSA) is 0 Å². The van der Waals surface area contributed by atoms with Gasteiger partial charge < -0.3 is 0 Å². The summed E-state index contributed by atoms with van der Waals surface area (Å²) in [6.45, 7) is 0. The molecule has 0 N–H and O–H groups in total. The second kappa shape index (κ2) is 15.2. The van der Waals surface area contributed by atoms with E-state index in [1.165, 1.54) is 137 Å². The van der Waals surface area contributed by atoms with Gasteiger partial charge in [-0.3, -0.25) is 0 Å². The molecular weight excluding hydrogens is 873 g/mol. The predicted octanol–water partition coefficient (Wildman–Crippen LogP) is 20.0. The Kier molecular flexibility index (Phi) is 8.78. The number of hydrogen-bond donors (Lipinski definition) is 0. The van der Waals surface area contributed by atoms with Crippen LogP contribution < -0.4 is 0 Å². The van der Waals surface area contributed by atoms with Gasteiger partial charge in [0.05, 0.1) is 9.40 Å². The van der Waals surface area contributed by atoms with E-state index in [4.69, 9.17) is 0 Å². The highest BCUT2D eigenvalue weighted by atomic mass is 32.1. The molecule has 308 valence electrons. The van der Waals surface area contributed by atoms with Crippen molar-refractivity contribution >= 4 is 115 Å². The van der Waals surface area contributed by atoms with E-state index in [1.54, 1.807) is 0 Å². The third-order valence-corrected chi connectivity index (χ3v) is 18.1. The number of rotatable bonds is 6. The van der Waals surface area contributed by atoms with Crippen LogP contribution in [0, 0.1) is 0 Å². The van der Waals surface area contributed by atoms with Crippen LogP contribution in [0.25, 0.3) is 137 Å². The van der Waals surface area contributed by atoms with Crippen LogP contribution in [0.1, 0.15) is 0 Å². The summed E-state index contributed by atoms with van der Waals surface area (Å²) in [5.74, 6) is 0.